The lowest BCUT2D eigenvalue weighted by atomic mass is 9.91. The summed E-state index contributed by atoms with van der Waals surface area (Å²) in [5, 5.41) is 2.92. The van der Waals surface area contributed by atoms with Crippen LogP contribution in [0.1, 0.15) is 51.2 Å². The van der Waals surface area contributed by atoms with E-state index in [1.165, 1.54) is 42.5 Å². The van der Waals surface area contributed by atoms with Crippen LogP contribution < -0.4 is 10.2 Å². The molecule has 1 aliphatic carbocycles. The van der Waals surface area contributed by atoms with Crippen molar-refractivity contribution >= 4 is 11.8 Å². The van der Waals surface area contributed by atoms with Crippen LogP contribution in [0, 0.1) is 5.92 Å². The van der Waals surface area contributed by atoms with E-state index in [4.69, 9.17) is 4.74 Å². The van der Waals surface area contributed by atoms with Gasteiger partial charge >= 0.3 is 6.09 Å². The summed E-state index contributed by atoms with van der Waals surface area (Å²) < 4.78 is 5.31. The minimum atomic E-state index is -0.436. The Kier molecular flexibility index (Phi) is 5.02. The molecule has 1 aromatic carbocycles. The van der Waals surface area contributed by atoms with E-state index in [2.05, 4.69) is 28.4 Å². The van der Waals surface area contributed by atoms with Crippen molar-refractivity contribution in [2.24, 2.45) is 5.92 Å². The Labute approximate surface area is 145 Å². The van der Waals surface area contributed by atoms with Gasteiger partial charge in [0.05, 0.1) is 0 Å². The number of fused-ring (bicyclic) bond motifs is 1. The first kappa shape index (κ1) is 17.1. The van der Waals surface area contributed by atoms with Crippen LogP contribution in [0.4, 0.5) is 10.5 Å². The van der Waals surface area contributed by atoms with E-state index in [1.54, 1.807) is 0 Å². The van der Waals surface area contributed by atoms with E-state index in [-0.39, 0.29) is 6.09 Å². The molecule has 24 heavy (non-hydrogen) atoms. The zero-order chi connectivity index (χ0) is 17.2. The van der Waals surface area contributed by atoms with Crippen LogP contribution in [0.15, 0.2) is 18.2 Å². The highest BCUT2D eigenvalue weighted by Crippen LogP contribution is 2.29. The van der Waals surface area contributed by atoms with Gasteiger partial charge in [-0.25, -0.2) is 4.79 Å². The minimum Gasteiger partial charge on any atom is -0.444 e. The van der Waals surface area contributed by atoms with Gasteiger partial charge in [-0.15, -0.1) is 0 Å². The van der Waals surface area contributed by atoms with Gasteiger partial charge in [0.15, 0.2) is 0 Å². The van der Waals surface area contributed by atoms with Crippen molar-refractivity contribution in [1.29, 1.82) is 0 Å². The molecule has 1 amide bonds. The Morgan fingerprint density at radius 2 is 2.00 bits per heavy atom. The van der Waals surface area contributed by atoms with Gasteiger partial charge in [-0.05, 0) is 82.1 Å². The largest absolute Gasteiger partial charge is 0.444 e. The van der Waals surface area contributed by atoms with Crippen molar-refractivity contribution in [3.05, 3.63) is 29.3 Å². The number of benzene rings is 1. The van der Waals surface area contributed by atoms with Crippen molar-refractivity contribution in [2.75, 3.05) is 24.5 Å². The molecule has 1 fully saturated rings. The SMILES string of the molecule is CC(C)(C)OC(=O)NCC1CCN(c2ccc3c(c2)CCCC3)C1. The standard InChI is InChI=1S/C20H30N2O2/c1-20(2,3)24-19(23)21-13-15-10-11-22(14-15)18-9-8-16-6-4-5-7-17(16)12-18/h8-9,12,15H,4-7,10-11,13-14H2,1-3H3,(H,21,23). The molecule has 0 bridgehead atoms. The molecule has 1 heterocycles. The number of hydrogen-bond donors (Lipinski definition) is 1. The van der Waals surface area contributed by atoms with Crippen molar-refractivity contribution in [2.45, 2.75) is 58.5 Å². The molecular formula is C20H30N2O2. The van der Waals surface area contributed by atoms with E-state index in [1.807, 2.05) is 20.8 Å². The number of amides is 1. The number of alkyl carbamates (subject to hydrolysis) is 1. The predicted octanol–water partition coefficient (Wildman–Crippen LogP) is 3.92. The number of aryl methyl sites for hydroxylation is 2. The number of anilines is 1. The van der Waals surface area contributed by atoms with Crippen LogP contribution in [0.5, 0.6) is 0 Å². The molecule has 1 atom stereocenters. The highest BCUT2D eigenvalue weighted by atomic mass is 16.6. The molecule has 3 rings (SSSR count). The summed E-state index contributed by atoms with van der Waals surface area (Å²) in [5.41, 5.74) is 3.98. The van der Waals surface area contributed by atoms with E-state index in [0.717, 1.165) is 19.5 Å². The lowest BCUT2D eigenvalue weighted by Gasteiger charge is -2.23. The number of rotatable bonds is 3. The van der Waals surface area contributed by atoms with Crippen LogP contribution in [0.3, 0.4) is 0 Å². The molecule has 1 N–H and O–H groups in total. The maximum Gasteiger partial charge on any atom is 0.407 e. The number of carbonyl (C=O) groups is 1. The third-order valence-electron chi connectivity index (χ3n) is 4.92. The molecule has 1 unspecified atom stereocenters. The average Bonchev–Trinajstić information content (AvgIpc) is 3.00. The number of nitrogens with one attached hydrogen (secondary N) is 1. The summed E-state index contributed by atoms with van der Waals surface area (Å²) in [6, 6.07) is 6.97. The van der Waals surface area contributed by atoms with Crippen LogP contribution >= 0.6 is 0 Å². The third kappa shape index (κ3) is 4.43. The lowest BCUT2D eigenvalue weighted by molar-refractivity contribution is 0.0520. The van der Waals surface area contributed by atoms with Gasteiger partial charge in [0.25, 0.3) is 0 Å². The molecule has 4 heteroatoms. The van der Waals surface area contributed by atoms with Crippen LogP contribution in [0.2, 0.25) is 0 Å². The number of hydrogen-bond acceptors (Lipinski definition) is 3. The highest BCUT2D eigenvalue weighted by molar-refractivity contribution is 5.67. The van der Waals surface area contributed by atoms with Crippen LogP contribution in [-0.4, -0.2) is 31.3 Å². The zero-order valence-corrected chi connectivity index (χ0v) is 15.2. The Morgan fingerprint density at radius 3 is 2.75 bits per heavy atom. The second kappa shape index (κ2) is 7.04. The van der Waals surface area contributed by atoms with Gasteiger partial charge in [0.1, 0.15) is 5.60 Å². The summed E-state index contributed by atoms with van der Waals surface area (Å²) in [5.74, 6) is 0.494. The van der Waals surface area contributed by atoms with E-state index in [0.29, 0.717) is 12.5 Å². The molecule has 1 saturated heterocycles. The number of carbonyl (C=O) groups excluding carboxylic acids is 1. The topological polar surface area (TPSA) is 41.6 Å². The molecule has 0 saturated carbocycles. The van der Waals surface area contributed by atoms with Crippen LogP contribution in [-0.2, 0) is 17.6 Å². The van der Waals surface area contributed by atoms with Crippen LogP contribution in [0.25, 0.3) is 0 Å². The first-order valence-electron chi connectivity index (χ1n) is 9.24. The minimum absolute atomic E-state index is 0.310. The molecule has 132 valence electrons. The second-order valence-corrected chi connectivity index (χ2v) is 8.14. The lowest BCUT2D eigenvalue weighted by Crippen LogP contribution is -2.36. The highest BCUT2D eigenvalue weighted by Gasteiger charge is 2.25. The second-order valence-electron chi connectivity index (χ2n) is 8.14. The molecule has 2 aliphatic rings. The molecule has 0 aromatic heterocycles. The third-order valence-corrected chi connectivity index (χ3v) is 4.92. The summed E-state index contributed by atoms with van der Waals surface area (Å²) in [6.07, 6.45) is 5.91. The Bertz CT molecular complexity index is 592. The zero-order valence-electron chi connectivity index (χ0n) is 15.2. The Hall–Kier alpha value is -1.71. The van der Waals surface area contributed by atoms with Gasteiger partial charge < -0.3 is 15.0 Å². The molecule has 0 radical (unpaired) electrons. The van der Waals surface area contributed by atoms with Gasteiger partial charge in [-0.3, -0.25) is 0 Å². The van der Waals surface area contributed by atoms with Gasteiger partial charge in [0, 0.05) is 25.3 Å². The summed E-state index contributed by atoms with van der Waals surface area (Å²) in [6.45, 7) is 8.43. The van der Waals surface area contributed by atoms with Crippen molar-refractivity contribution < 1.29 is 9.53 Å². The quantitative estimate of drug-likeness (QED) is 0.913. The summed E-state index contributed by atoms with van der Waals surface area (Å²) >= 11 is 0. The van der Waals surface area contributed by atoms with Gasteiger partial charge in [0.2, 0.25) is 0 Å². The predicted molar refractivity (Wildman–Crippen MR) is 97.6 cm³/mol. The molecular weight excluding hydrogens is 300 g/mol. The maximum atomic E-state index is 11.8. The molecule has 0 spiro atoms. The van der Waals surface area contributed by atoms with Crippen molar-refractivity contribution in [1.82, 2.24) is 5.32 Å². The first-order valence-corrected chi connectivity index (χ1v) is 9.24. The molecule has 1 aliphatic heterocycles. The maximum absolute atomic E-state index is 11.8. The fourth-order valence-corrected chi connectivity index (χ4v) is 3.69. The van der Waals surface area contributed by atoms with E-state index in [9.17, 15) is 4.79 Å². The Balaban J connectivity index is 1.51. The van der Waals surface area contributed by atoms with Crippen molar-refractivity contribution in [3.63, 3.8) is 0 Å². The monoisotopic (exact) mass is 330 g/mol. The smallest absolute Gasteiger partial charge is 0.407 e. The van der Waals surface area contributed by atoms with E-state index < -0.39 is 5.60 Å². The molecule has 1 aromatic rings. The van der Waals surface area contributed by atoms with Gasteiger partial charge in [-0.1, -0.05) is 6.07 Å². The molecule has 4 nitrogen and oxygen atoms in total. The first-order chi connectivity index (χ1) is 11.4. The van der Waals surface area contributed by atoms with Gasteiger partial charge in [-0.2, -0.15) is 0 Å². The number of nitrogens with zero attached hydrogens (tertiary/aromatic N) is 1. The Morgan fingerprint density at radius 1 is 1.25 bits per heavy atom. The summed E-state index contributed by atoms with van der Waals surface area (Å²) in [4.78, 5) is 14.2. The normalized spacial score (nSPS) is 20.6. The fraction of sp³-hybridized carbons (Fsp3) is 0.650. The van der Waals surface area contributed by atoms with Crippen molar-refractivity contribution in [3.8, 4) is 0 Å². The number of ether oxygens (including phenoxy) is 1. The summed E-state index contributed by atoms with van der Waals surface area (Å²) in [7, 11) is 0. The van der Waals surface area contributed by atoms with E-state index >= 15 is 0 Å². The fourth-order valence-electron chi connectivity index (χ4n) is 3.69. The average molecular weight is 330 g/mol.